The number of halogens is 1. The molecule has 0 bridgehead atoms. The maximum atomic E-state index is 13.0. The Morgan fingerprint density at radius 2 is 1.66 bits per heavy atom. The summed E-state index contributed by atoms with van der Waals surface area (Å²) in [7, 11) is 0. The molecule has 0 aliphatic carbocycles. The summed E-state index contributed by atoms with van der Waals surface area (Å²) in [6, 6.07) is 20.8. The molecule has 1 fully saturated rings. The van der Waals surface area contributed by atoms with Crippen LogP contribution in [0.2, 0.25) is 5.02 Å². The van der Waals surface area contributed by atoms with Crippen molar-refractivity contribution in [2.24, 2.45) is 0 Å². The molecule has 1 heterocycles. The number of imide groups is 2. The largest absolute Gasteiger partial charge is 0.489 e. The second-order valence-corrected chi connectivity index (χ2v) is 7.59. The lowest BCUT2D eigenvalue weighted by Gasteiger charge is -2.27. The van der Waals surface area contributed by atoms with Crippen molar-refractivity contribution in [2.45, 2.75) is 13.5 Å². The molecule has 1 saturated heterocycles. The van der Waals surface area contributed by atoms with Gasteiger partial charge in [-0.15, -0.1) is 0 Å². The van der Waals surface area contributed by atoms with E-state index in [1.54, 1.807) is 49.4 Å². The summed E-state index contributed by atoms with van der Waals surface area (Å²) in [6.07, 6.45) is 1.44. The van der Waals surface area contributed by atoms with Gasteiger partial charge in [0, 0.05) is 5.02 Å². The minimum atomic E-state index is -0.813. The average Bonchev–Trinajstić information content (AvgIpc) is 2.79. The number of amides is 4. The Morgan fingerprint density at radius 1 is 0.938 bits per heavy atom. The lowest BCUT2D eigenvalue weighted by atomic mass is 10.1. The molecule has 0 saturated carbocycles. The molecule has 0 spiro atoms. The van der Waals surface area contributed by atoms with Crippen molar-refractivity contribution < 1.29 is 19.1 Å². The third-order valence-electron chi connectivity index (χ3n) is 5.02. The van der Waals surface area contributed by atoms with Crippen molar-refractivity contribution in [3.63, 3.8) is 0 Å². The number of nitrogens with one attached hydrogen (secondary N) is 1. The van der Waals surface area contributed by atoms with Crippen LogP contribution in [0.25, 0.3) is 6.08 Å². The molecule has 4 amide bonds. The van der Waals surface area contributed by atoms with Crippen LogP contribution in [0.1, 0.15) is 16.7 Å². The minimum Gasteiger partial charge on any atom is -0.489 e. The van der Waals surface area contributed by atoms with Gasteiger partial charge in [-0.1, -0.05) is 60.1 Å². The van der Waals surface area contributed by atoms with E-state index in [0.717, 1.165) is 10.5 Å². The number of hydrogen-bond donors (Lipinski definition) is 1. The fourth-order valence-electron chi connectivity index (χ4n) is 3.28. The Labute approximate surface area is 190 Å². The van der Waals surface area contributed by atoms with E-state index in [0.29, 0.717) is 34.2 Å². The topological polar surface area (TPSA) is 75.7 Å². The molecular weight excluding hydrogens is 428 g/mol. The van der Waals surface area contributed by atoms with E-state index in [4.69, 9.17) is 16.3 Å². The molecule has 0 unspecified atom stereocenters. The molecule has 1 aliphatic rings. The summed E-state index contributed by atoms with van der Waals surface area (Å²) < 4.78 is 5.76. The lowest BCUT2D eigenvalue weighted by molar-refractivity contribution is -0.122. The number of barbiturate groups is 1. The Kier molecular flexibility index (Phi) is 6.05. The van der Waals surface area contributed by atoms with Crippen LogP contribution in [0.5, 0.6) is 5.75 Å². The summed E-state index contributed by atoms with van der Waals surface area (Å²) in [4.78, 5) is 38.7. The first-order valence-electron chi connectivity index (χ1n) is 9.87. The van der Waals surface area contributed by atoms with Crippen LogP contribution in [0.4, 0.5) is 10.5 Å². The smallest absolute Gasteiger partial charge is 0.335 e. The van der Waals surface area contributed by atoms with Crippen LogP contribution in [0.3, 0.4) is 0 Å². The number of rotatable bonds is 5. The van der Waals surface area contributed by atoms with Gasteiger partial charge in [0.2, 0.25) is 0 Å². The first kappa shape index (κ1) is 21.3. The molecule has 7 heteroatoms. The lowest BCUT2D eigenvalue weighted by Crippen LogP contribution is -2.54. The summed E-state index contributed by atoms with van der Waals surface area (Å²) in [5, 5.41) is 2.63. The zero-order valence-corrected chi connectivity index (χ0v) is 17.9. The van der Waals surface area contributed by atoms with Gasteiger partial charge in [-0.3, -0.25) is 14.9 Å². The summed E-state index contributed by atoms with van der Waals surface area (Å²) >= 11 is 6.14. The SMILES string of the molecule is Cc1c(Cl)cccc1N1C(=O)NC(=O)/C(=C\c2ccc(OCc3ccccc3)cc2)C1=O. The molecule has 4 rings (SSSR count). The highest BCUT2D eigenvalue weighted by Crippen LogP contribution is 2.29. The average molecular weight is 447 g/mol. The van der Waals surface area contributed by atoms with Crippen molar-refractivity contribution in [1.82, 2.24) is 5.32 Å². The summed E-state index contributed by atoms with van der Waals surface area (Å²) in [5.74, 6) is -0.810. The van der Waals surface area contributed by atoms with Gasteiger partial charge in [0.1, 0.15) is 17.9 Å². The van der Waals surface area contributed by atoms with Crippen molar-refractivity contribution in [3.05, 3.63) is 100 Å². The van der Waals surface area contributed by atoms with E-state index in [9.17, 15) is 14.4 Å². The van der Waals surface area contributed by atoms with E-state index < -0.39 is 17.8 Å². The molecule has 0 aromatic heterocycles. The van der Waals surface area contributed by atoms with Crippen LogP contribution in [0, 0.1) is 6.92 Å². The molecule has 0 radical (unpaired) electrons. The molecular formula is C25H19ClN2O4. The molecule has 160 valence electrons. The van der Waals surface area contributed by atoms with Crippen LogP contribution in [-0.4, -0.2) is 17.8 Å². The van der Waals surface area contributed by atoms with Crippen molar-refractivity contribution in [2.75, 3.05) is 4.90 Å². The van der Waals surface area contributed by atoms with Crippen molar-refractivity contribution in [3.8, 4) is 5.75 Å². The first-order valence-corrected chi connectivity index (χ1v) is 10.2. The molecule has 1 aliphatic heterocycles. The number of anilines is 1. The second-order valence-electron chi connectivity index (χ2n) is 7.19. The minimum absolute atomic E-state index is 0.151. The number of urea groups is 1. The van der Waals surface area contributed by atoms with Crippen LogP contribution in [-0.2, 0) is 16.2 Å². The van der Waals surface area contributed by atoms with E-state index in [2.05, 4.69) is 5.32 Å². The Morgan fingerprint density at radius 3 is 2.38 bits per heavy atom. The maximum Gasteiger partial charge on any atom is 0.335 e. The van der Waals surface area contributed by atoms with Gasteiger partial charge in [0.15, 0.2) is 0 Å². The normalized spacial score (nSPS) is 15.1. The third-order valence-corrected chi connectivity index (χ3v) is 5.43. The summed E-state index contributed by atoms with van der Waals surface area (Å²) in [5.41, 5.74) is 2.40. The number of ether oxygens (including phenoxy) is 1. The standard InChI is InChI=1S/C25H19ClN2O4/c1-16-21(26)8-5-9-22(16)28-24(30)20(23(29)27-25(28)31)14-17-10-12-19(13-11-17)32-15-18-6-3-2-4-7-18/h2-14H,15H2,1H3,(H,27,29,31)/b20-14+. The molecule has 3 aromatic carbocycles. The zero-order chi connectivity index (χ0) is 22.7. The predicted molar refractivity (Wildman–Crippen MR) is 122 cm³/mol. The number of benzene rings is 3. The van der Waals surface area contributed by atoms with E-state index in [1.807, 2.05) is 30.3 Å². The van der Waals surface area contributed by atoms with Gasteiger partial charge in [0.05, 0.1) is 5.69 Å². The quantitative estimate of drug-likeness (QED) is 0.447. The molecule has 0 atom stereocenters. The Balaban J connectivity index is 1.55. The second kappa shape index (κ2) is 9.08. The van der Waals surface area contributed by atoms with E-state index >= 15 is 0 Å². The van der Waals surface area contributed by atoms with E-state index in [1.165, 1.54) is 6.08 Å². The van der Waals surface area contributed by atoms with Gasteiger partial charge in [-0.05, 0) is 54.0 Å². The van der Waals surface area contributed by atoms with Gasteiger partial charge in [-0.25, -0.2) is 9.69 Å². The Bertz CT molecular complexity index is 1220. The van der Waals surface area contributed by atoms with Gasteiger partial charge >= 0.3 is 6.03 Å². The highest BCUT2D eigenvalue weighted by atomic mass is 35.5. The highest BCUT2D eigenvalue weighted by Gasteiger charge is 2.37. The number of hydrogen-bond acceptors (Lipinski definition) is 4. The van der Waals surface area contributed by atoms with Crippen molar-refractivity contribution in [1.29, 1.82) is 0 Å². The number of carbonyl (C=O) groups is 3. The zero-order valence-electron chi connectivity index (χ0n) is 17.2. The third kappa shape index (κ3) is 4.40. The highest BCUT2D eigenvalue weighted by molar-refractivity contribution is 6.39. The fraction of sp³-hybridized carbons (Fsp3) is 0.0800. The van der Waals surface area contributed by atoms with Gasteiger partial charge in [0.25, 0.3) is 11.8 Å². The van der Waals surface area contributed by atoms with Crippen LogP contribution >= 0.6 is 11.6 Å². The number of nitrogens with zero attached hydrogens (tertiary/aromatic N) is 1. The predicted octanol–water partition coefficient (Wildman–Crippen LogP) is 4.89. The Hall–Kier alpha value is -3.90. The molecule has 6 nitrogen and oxygen atoms in total. The number of carbonyl (C=O) groups excluding carboxylic acids is 3. The first-order chi connectivity index (χ1) is 15.4. The molecule has 3 aromatic rings. The van der Waals surface area contributed by atoms with Crippen molar-refractivity contribution >= 4 is 41.2 Å². The maximum absolute atomic E-state index is 13.0. The van der Waals surface area contributed by atoms with Crippen LogP contribution < -0.4 is 15.0 Å². The van der Waals surface area contributed by atoms with Gasteiger partial charge in [-0.2, -0.15) is 0 Å². The monoisotopic (exact) mass is 446 g/mol. The van der Waals surface area contributed by atoms with Crippen LogP contribution in [0.15, 0.2) is 78.4 Å². The molecule has 1 N–H and O–H groups in total. The van der Waals surface area contributed by atoms with Gasteiger partial charge < -0.3 is 4.74 Å². The fourth-order valence-corrected chi connectivity index (χ4v) is 3.45. The molecule has 32 heavy (non-hydrogen) atoms. The van der Waals surface area contributed by atoms with E-state index in [-0.39, 0.29) is 5.57 Å². The summed E-state index contributed by atoms with van der Waals surface area (Å²) in [6.45, 7) is 2.13.